The molecular formula is C74H124NO8P. The van der Waals surface area contributed by atoms with Gasteiger partial charge in [-0.25, -0.2) is 0 Å². The third-order valence-corrected chi connectivity index (χ3v) is 14.8. The molecule has 10 heteroatoms. The van der Waals surface area contributed by atoms with Gasteiger partial charge in [-0.2, -0.15) is 0 Å². The van der Waals surface area contributed by atoms with Gasteiger partial charge in [0.15, 0.2) is 6.10 Å². The van der Waals surface area contributed by atoms with E-state index < -0.39 is 32.5 Å². The molecule has 0 bridgehead atoms. The Hall–Kier alpha value is -4.11. The Bertz CT molecular complexity index is 1930. The normalized spacial score (nSPS) is 14.1. The van der Waals surface area contributed by atoms with Crippen molar-refractivity contribution in [1.82, 2.24) is 0 Å². The van der Waals surface area contributed by atoms with E-state index in [-0.39, 0.29) is 26.1 Å². The Balaban J connectivity index is 4.07. The summed E-state index contributed by atoms with van der Waals surface area (Å²) in [6, 6.07) is 0. The van der Waals surface area contributed by atoms with Gasteiger partial charge in [0.05, 0.1) is 27.7 Å². The summed E-state index contributed by atoms with van der Waals surface area (Å²) < 4.78 is 34.2. The van der Waals surface area contributed by atoms with Crippen LogP contribution in [0.4, 0.5) is 0 Å². The molecule has 0 spiro atoms. The van der Waals surface area contributed by atoms with E-state index in [1.54, 1.807) is 0 Å². The van der Waals surface area contributed by atoms with E-state index in [0.717, 1.165) is 122 Å². The summed E-state index contributed by atoms with van der Waals surface area (Å²) in [6.07, 6.45) is 93.4. The summed E-state index contributed by atoms with van der Waals surface area (Å²) in [6.45, 7) is 4.00. The molecule has 84 heavy (non-hydrogen) atoms. The summed E-state index contributed by atoms with van der Waals surface area (Å²) in [4.78, 5) is 38.0. The second-order valence-electron chi connectivity index (χ2n) is 23.1. The van der Waals surface area contributed by atoms with Gasteiger partial charge in [-0.3, -0.25) is 14.2 Å². The molecule has 2 atom stereocenters. The van der Waals surface area contributed by atoms with Gasteiger partial charge in [0.25, 0.3) is 7.82 Å². The predicted molar refractivity (Wildman–Crippen MR) is 360 cm³/mol. The first-order chi connectivity index (χ1) is 41.0. The van der Waals surface area contributed by atoms with Crippen LogP contribution < -0.4 is 4.89 Å². The quantitative estimate of drug-likeness (QED) is 0.0195. The van der Waals surface area contributed by atoms with Gasteiger partial charge in [-0.1, -0.05) is 275 Å². The lowest BCUT2D eigenvalue weighted by Gasteiger charge is -2.28. The van der Waals surface area contributed by atoms with Gasteiger partial charge in [-0.05, 0) is 116 Å². The Morgan fingerprint density at radius 2 is 0.643 bits per heavy atom. The maximum Gasteiger partial charge on any atom is 0.306 e. The topological polar surface area (TPSA) is 111 Å². The summed E-state index contributed by atoms with van der Waals surface area (Å²) in [5.74, 6) is -0.847. The molecule has 0 N–H and O–H groups in total. The van der Waals surface area contributed by atoms with Crippen LogP contribution in [0, 0.1) is 0 Å². The van der Waals surface area contributed by atoms with E-state index in [2.05, 4.69) is 160 Å². The van der Waals surface area contributed by atoms with Crippen molar-refractivity contribution in [3.8, 4) is 0 Å². The highest BCUT2D eigenvalue weighted by atomic mass is 31.2. The number of unbranched alkanes of at least 4 members (excludes halogenated alkanes) is 22. The molecule has 0 saturated heterocycles. The monoisotopic (exact) mass is 1190 g/mol. The third kappa shape index (κ3) is 67.0. The fourth-order valence-electron chi connectivity index (χ4n) is 8.78. The first-order valence-corrected chi connectivity index (χ1v) is 35.0. The number of ether oxygens (including phenoxy) is 2. The Morgan fingerprint density at radius 1 is 0.369 bits per heavy atom. The van der Waals surface area contributed by atoms with Crippen LogP contribution >= 0.6 is 7.82 Å². The van der Waals surface area contributed by atoms with Gasteiger partial charge in [0.1, 0.15) is 19.8 Å². The molecule has 9 nitrogen and oxygen atoms in total. The van der Waals surface area contributed by atoms with Crippen LogP contribution in [0.25, 0.3) is 0 Å². The summed E-state index contributed by atoms with van der Waals surface area (Å²) in [5.41, 5.74) is 0. The first-order valence-electron chi connectivity index (χ1n) is 33.5. The van der Waals surface area contributed by atoms with Crippen LogP contribution in [0.5, 0.6) is 0 Å². The van der Waals surface area contributed by atoms with Crippen molar-refractivity contribution in [3.05, 3.63) is 146 Å². The average molecular weight is 1190 g/mol. The van der Waals surface area contributed by atoms with Crippen LogP contribution in [0.15, 0.2) is 146 Å². The van der Waals surface area contributed by atoms with Gasteiger partial charge in [-0.15, -0.1) is 0 Å². The van der Waals surface area contributed by atoms with Crippen molar-refractivity contribution >= 4 is 19.8 Å². The predicted octanol–water partition coefficient (Wildman–Crippen LogP) is 21.2. The fraction of sp³-hybridized carbons (Fsp3) is 0.649. The van der Waals surface area contributed by atoms with Crippen molar-refractivity contribution in [3.63, 3.8) is 0 Å². The number of nitrogens with zero attached hydrogens (tertiary/aromatic N) is 1. The Kier molecular flexibility index (Phi) is 60.3. The van der Waals surface area contributed by atoms with E-state index in [0.29, 0.717) is 23.9 Å². The van der Waals surface area contributed by atoms with Gasteiger partial charge >= 0.3 is 11.9 Å². The summed E-state index contributed by atoms with van der Waals surface area (Å²) >= 11 is 0. The van der Waals surface area contributed by atoms with Crippen molar-refractivity contribution in [2.45, 2.75) is 264 Å². The lowest BCUT2D eigenvalue weighted by atomic mass is 10.0. The number of hydrogen-bond acceptors (Lipinski definition) is 8. The minimum Gasteiger partial charge on any atom is -0.756 e. The van der Waals surface area contributed by atoms with E-state index in [1.165, 1.54) is 96.3 Å². The van der Waals surface area contributed by atoms with Crippen molar-refractivity contribution in [2.24, 2.45) is 0 Å². The summed E-state index contributed by atoms with van der Waals surface area (Å²) in [7, 11) is 1.15. The van der Waals surface area contributed by atoms with Crippen LogP contribution in [0.1, 0.15) is 258 Å². The number of hydrogen-bond donors (Lipinski definition) is 0. The minimum atomic E-state index is -4.65. The molecule has 0 aromatic carbocycles. The molecule has 0 aliphatic rings. The number of quaternary nitrogens is 1. The molecule has 0 heterocycles. The molecule has 0 aromatic heterocycles. The average Bonchev–Trinajstić information content (AvgIpc) is 3.61. The Labute approximate surface area is 516 Å². The fourth-order valence-corrected chi connectivity index (χ4v) is 9.51. The van der Waals surface area contributed by atoms with Crippen LogP contribution in [-0.2, 0) is 32.7 Å². The lowest BCUT2D eigenvalue weighted by Crippen LogP contribution is -2.37. The molecule has 0 saturated carbocycles. The number of carbonyl (C=O) groups excluding carboxylic acids is 2. The number of carbonyl (C=O) groups is 2. The second-order valence-corrected chi connectivity index (χ2v) is 24.5. The minimum absolute atomic E-state index is 0.0385. The largest absolute Gasteiger partial charge is 0.756 e. The number of rotatable bonds is 60. The van der Waals surface area contributed by atoms with E-state index in [9.17, 15) is 19.0 Å². The smallest absolute Gasteiger partial charge is 0.306 e. The molecule has 0 aliphatic heterocycles. The molecule has 0 aromatic rings. The highest BCUT2D eigenvalue weighted by molar-refractivity contribution is 7.45. The molecule has 0 amide bonds. The zero-order chi connectivity index (χ0) is 61.2. The van der Waals surface area contributed by atoms with Crippen molar-refractivity contribution in [1.29, 1.82) is 0 Å². The SMILES string of the molecule is CC/C=C\C/C=C\C/C=C\C/C=C\C/C=C\C/C=C\C/C=C\C/C=C\CCCCCCCCCCCCCCCCC(=O)OC(COC(=O)CCCCCCCCCC/C=C\C/C=C\C/C=C\C/C=C\CC)COP(=O)([O-])OCC[N+](C)(C)C. The highest BCUT2D eigenvalue weighted by Gasteiger charge is 2.22. The number of phosphoric ester groups is 1. The Morgan fingerprint density at radius 3 is 0.952 bits per heavy atom. The maximum atomic E-state index is 12.9. The molecule has 0 rings (SSSR count). The maximum absolute atomic E-state index is 12.9. The second kappa shape index (κ2) is 63.4. The molecule has 478 valence electrons. The van der Waals surface area contributed by atoms with Crippen LogP contribution in [-0.4, -0.2) is 70.0 Å². The number of phosphoric acid groups is 1. The van der Waals surface area contributed by atoms with Crippen LogP contribution in [0.3, 0.4) is 0 Å². The number of likely N-dealkylation sites (N-methyl/N-ethyl adjacent to an activating group) is 1. The van der Waals surface area contributed by atoms with E-state index >= 15 is 0 Å². The zero-order valence-electron chi connectivity index (χ0n) is 54.3. The molecule has 2 unspecified atom stereocenters. The van der Waals surface area contributed by atoms with E-state index in [4.69, 9.17) is 18.5 Å². The number of allylic oxidation sites excluding steroid dienone is 24. The third-order valence-electron chi connectivity index (χ3n) is 13.9. The first kappa shape index (κ1) is 79.9. The molecule has 0 aliphatic carbocycles. The molecule has 0 radical (unpaired) electrons. The van der Waals surface area contributed by atoms with Crippen molar-refractivity contribution < 1.29 is 42.1 Å². The van der Waals surface area contributed by atoms with Crippen LogP contribution in [0.2, 0.25) is 0 Å². The van der Waals surface area contributed by atoms with E-state index in [1.807, 2.05) is 21.1 Å². The zero-order valence-corrected chi connectivity index (χ0v) is 55.2. The number of esters is 2. The standard InChI is InChI=1S/C74H124NO8P/c1-6-8-10-12-14-16-18-20-22-24-26-28-29-30-31-32-33-34-35-36-37-38-39-40-41-42-43-44-45-47-49-51-53-55-57-59-61-63-65-67-74(77)83-72(71-82-84(78,79)81-69-68-75(3,4)5)70-80-73(76)66-64-62-60-58-56-54-52-50-48-46-27-25-23-21-19-17-15-13-11-9-7-2/h8-11,14-17,20-23,26-28,30-31,33-34,36-37,39-40,46,72H,6-7,12-13,18-19,24-25,29,32,35,38,41-45,47-71H2,1-5H3/b10-8-,11-9-,16-14-,17-15-,22-20-,23-21-,28-26-,31-30-,34-33-,37-36-,40-39-,46-27-. The summed E-state index contributed by atoms with van der Waals surface area (Å²) in [5, 5.41) is 0. The molecule has 0 fully saturated rings. The van der Waals surface area contributed by atoms with Gasteiger partial charge < -0.3 is 27.9 Å². The van der Waals surface area contributed by atoms with Gasteiger partial charge in [0, 0.05) is 12.8 Å². The van der Waals surface area contributed by atoms with Gasteiger partial charge in [0.2, 0.25) is 0 Å². The molecular weight excluding hydrogens is 1060 g/mol. The highest BCUT2D eigenvalue weighted by Crippen LogP contribution is 2.38. The van der Waals surface area contributed by atoms with Crippen molar-refractivity contribution in [2.75, 3.05) is 47.5 Å². The lowest BCUT2D eigenvalue weighted by molar-refractivity contribution is -0.870.